The molecule has 3 aromatic heterocycles. The van der Waals surface area contributed by atoms with E-state index in [2.05, 4.69) is 206 Å². The first-order valence-corrected chi connectivity index (χ1v) is 26.0. The van der Waals surface area contributed by atoms with Crippen LogP contribution in [-0.2, 0) is 26.5 Å². The standard InChI is InChI=1S/C37H31N2S.C19H26NSi.Ir/c1-23(2)30-21-26(25-13-6-5-7-14-25)22-31(24(3)4)35(30)39-33-19-10-9-18-32(33)38-37(39)29-17-12-16-28-27-15-8-11-20-34(27)40-36(28)29;1-19(2,3)13-16-12-17(15-10-8-7-9-11-15)20-14-18(16)21(4,5)6;/h5-16,18-24H,1-4H3;7-10,12,14H,13H2,1-6H3;/q2*-1;. The molecule has 9 rings (SSSR count). The van der Waals surface area contributed by atoms with E-state index in [0.29, 0.717) is 11.8 Å². The van der Waals surface area contributed by atoms with Gasteiger partial charge in [-0.1, -0.05) is 151 Å². The molecule has 0 atom stereocenters. The Balaban J connectivity index is 0.000000223. The Labute approximate surface area is 387 Å². The fourth-order valence-electron chi connectivity index (χ4n) is 8.48. The van der Waals surface area contributed by atoms with Crippen molar-refractivity contribution in [1.82, 2.24) is 14.5 Å². The smallest absolute Gasteiger partial charge is 0.0798 e. The van der Waals surface area contributed by atoms with E-state index >= 15 is 0 Å². The van der Waals surface area contributed by atoms with E-state index in [-0.39, 0.29) is 25.5 Å². The van der Waals surface area contributed by atoms with E-state index in [1.54, 1.807) is 0 Å². The van der Waals surface area contributed by atoms with Crippen LogP contribution < -0.4 is 5.19 Å². The van der Waals surface area contributed by atoms with E-state index < -0.39 is 8.07 Å². The van der Waals surface area contributed by atoms with Crippen LogP contribution in [0.1, 0.15) is 77.0 Å². The topological polar surface area (TPSA) is 30.7 Å². The van der Waals surface area contributed by atoms with Crippen LogP contribution in [0.15, 0.2) is 140 Å². The second-order valence-electron chi connectivity index (χ2n) is 19.1. The molecule has 0 saturated carbocycles. The molecule has 9 aromatic rings. The van der Waals surface area contributed by atoms with Crippen molar-refractivity contribution in [1.29, 1.82) is 0 Å². The number of rotatable bonds is 8. The van der Waals surface area contributed by atoms with Gasteiger partial charge in [0.2, 0.25) is 0 Å². The van der Waals surface area contributed by atoms with Crippen LogP contribution in [0.4, 0.5) is 0 Å². The molecule has 0 spiro atoms. The predicted octanol–water partition coefficient (Wildman–Crippen LogP) is 15.5. The van der Waals surface area contributed by atoms with E-state index in [1.807, 2.05) is 29.5 Å². The van der Waals surface area contributed by atoms with E-state index in [1.165, 1.54) is 58.9 Å². The van der Waals surface area contributed by atoms with Gasteiger partial charge < -0.3 is 9.55 Å². The normalized spacial score (nSPS) is 11.9. The minimum atomic E-state index is -1.37. The summed E-state index contributed by atoms with van der Waals surface area (Å²) in [6.45, 7) is 23.3. The van der Waals surface area contributed by atoms with E-state index in [9.17, 15) is 0 Å². The fourth-order valence-corrected chi connectivity index (χ4v) is 11.3. The third kappa shape index (κ3) is 9.36. The van der Waals surface area contributed by atoms with Gasteiger partial charge in [-0.3, -0.25) is 4.98 Å². The minimum Gasteiger partial charge on any atom is -0.333 e. The SMILES string of the molecule is CC(C)(C)Cc1cc(-c2[c-]cccc2)ncc1[Si](C)(C)C.CC(C)c1cc(-c2ccccc2)cc(C(C)C)c1-n1c(-c2[c-]ccc3c2sc2ccccc23)nc2ccccc21.[Ir]. The van der Waals surface area contributed by atoms with Crippen LogP contribution in [-0.4, -0.2) is 22.6 Å². The molecule has 317 valence electrons. The Kier molecular flexibility index (Phi) is 13.4. The molecule has 0 aliphatic rings. The number of imidazole rings is 1. The van der Waals surface area contributed by atoms with Gasteiger partial charge in [0.25, 0.3) is 0 Å². The average Bonchev–Trinajstić information content (AvgIpc) is 3.82. The summed E-state index contributed by atoms with van der Waals surface area (Å²) in [6, 6.07) is 54.2. The zero-order chi connectivity index (χ0) is 43.1. The first-order valence-electron chi connectivity index (χ1n) is 21.7. The van der Waals surface area contributed by atoms with Crippen LogP contribution in [0, 0.1) is 17.5 Å². The number of fused-ring (bicyclic) bond motifs is 4. The monoisotopic (exact) mass is 1020 g/mol. The molecule has 0 aliphatic carbocycles. The predicted molar refractivity (Wildman–Crippen MR) is 266 cm³/mol. The second kappa shape index (κ2) is 18.4. The summed E-state index contributed by atoms with van der Waals surface area (Å²) < 4.78 is 4.95. The molecule has 0 N–H and O–H groups in total. The molecule has 62 heavy (non-hydrogen) atoms. The number of aromatic nitrogens is 3. The van der Waals surface area contributed by atoms with Crippen molar-refractivity contribution in [2.24, 2.45) is 5.41 Å². The van der Waals surface area contributed by atoms with Gasteiger partial charge in [0.05, 0.1) is 24.9 Å². The van der Waals surface area contributed by atoms with Gasteiger partial charge in [-0.05, 0) is 97.2 Å². The van der Waals surface area contributed by atoms with Crippen molar-refractivity contribution in [3.05, 3.63) is 168 Å². The third-order valence-corrected chi connectivity index (χ3v) is 14.6. The van der Waals surface area contributed by atoms with Gasteiger partial charge in [-0.15, -0.1) is 54.1 Å². The Morgan fingerprint density at radius 2 is 1.35 bits per heavy atom. The molecule has 0 aliphatic heterocycles. The summed E-state index contributed by atoms with van der Waals surface area (Å²) in [5.41, 5.74) is 13.5. The summed E-state index contributed by atoms with van der Waals surface area (Å²) in [5, 5.41) is 4.04. The van der Waals surface area contributed by atoms with Gasteiger partial charge in [0.15, 0.2) is 0 Å². The largest absolute Gasteiger partial charge is 0.333 e. The van der Waals surface area contributed by atoms with Crippen molar-refractivity contribution in [3.63, 3.8) is 0 Å². The first kappa shape index (κ1) is 45.1. The van der Waals surface area contributed by atoms with Crippen molar-refractivity contribution in [2.75, 3.05) is 0 Å². The minimum absolute atomic E-state index is 0. The van der Waals surface area contributed by atoms with Gasteiger partial charge in [0.1, 0.15) is 0 Å². The molecule has 3 nitrogen and oxygen atoms in total. The molecule has 0 fully saturated rings. The van der Waals surface area contributed by atoms with E-state index in [4.69, 9.17) is 9.97 Å². The number of nitrogens with zero attached hydrogens (tertiary/aromatic N) is 3. The third-order valence-electron chi connectivity index (χ3n) is 11.4. The number of hydrogen-bond donors (Lipinski definition) is 0. The maximum atomic E-state index is 5.30. The summed E-state index contributed by atoms with van der Waals surface area (Å²) in [4.78, 5) is 10.0. The molecule has 0 amide bonds. The molecule has 6 aromatic carbocycles. The Morgan fingerprint density at radius 3 is 2.02 bits per heavy atom. The van der Waals surface area contributed by atoms with Crippen molar-refractivity contribution < 1.29 is 20.1 Å². The first-order chi connectivity index (χ1) is 29.2. The van der Waals surface area contributed by atoms with Gasteiger partial charge in [-0.2, -0.15) is 11.3 Å². The van der Waals surface area contributed by atoms with Gasteiger partial charge in [-0.25, -0.2) is 0 Å². The molecular formula is C56H57IrN3SSi-2. The molecule has 0 bridgehead atoms. The Morgan fingerprint density at radius 1 is 0.694 bits per heavy atom. The number of thiophene rings is 1. The molecular weight excluding hydrogens is 967 g/mol. The van der Waals surface area contributed by atoms with Crippen LogP contribution in [0.5, 0.6) is 0 Å². The van der Waals surface area contributed by atoms with Gasteiger partial charge in [0, 0.05) is 36.7 Å². The Hall–Kier alpha value is -4.97. The van der Waals surface area contributed by atoms with Crippen LogP contribution in [0.3, 0.4) is 0 Å². The zero-order valence-electron chi connectivity index (χ0n) is 37.7. The summed E-state index contributed by atoms with van der Waals surface area (Å²) in [6.07, 6.45) is 3.21. The molecule has 0 saturated heterocycles. The van der Waals surface area contributed by atoms with Crippen LogP contribution in [0.2, 0.25) is 19.6 Å². The Bertz CT molecular complexity index is 2940. The van der Waals surface area contributed by atoms with Gasteiger partial charge >= 0.3 is 0 Å². The molecule has 0 unspecified atom stereocenters. The summed E-state index contributed by atoms with van der Waals surface area (Å²) in [7, 11) is -1.37. The average molecular weight is 1020 g/mol. The zero-order valence-corrected chi connectivity index (χ0v) is 41.9. The van der Waals surface area contributed by atoms with Crippen molar-refractivity contribution in [3.8, 4) is 39.5 Å². The quantitative estimate of drug-likeness (QED) is 0.112. The van der Waals surface area contributed by atoms with Crippen molar-refractivity contribution in [2.45, 2.75) is 86.4 Å². The number of hydrogen-bond acceptors (Lipinski definition) is 3. The molecule has 6 heteroatoms. The van der Waals surface area contributed by atoms with Crippen LogP contribution >= 0.6 is 11.3 Å². The molecule has 3 heterocycles. The van der Waals surface area contributed by atoms with E-state index in [0.717, 1.165) is 40.1 Å². The fraction of sp³-hybridized carbons (Fsp3) is 0.250. The molecule has 1 radical (unpaired) electrons. The second-order valence-corrected chi connectivity index (χ2v) is 25.2. The summed E-state index contributed by atoms with van der Waals surface area (Å²) >= 11 is 1.83. The van der Waals surface area contributed by atoms with Crippen LogP contribution in [0.25, 0.3) is 70.7 Å². The number of benzene rings is 6. The number of pyridine rings is 1. The maximum Gasteiger partial charge on any atom is 0.0798 e. The maximum absolute atomic E-state index is 5.30. The van der Waals surface area contributed by atoms with Crippen molar-refractivity contribution >= 4 is 55.8 Å². The summed E-state index contributed by atoms with van der Waals surface area (Å²) in [5.74, 6) is 1.61. The number of para-hydroxylation sites is 2.